The normalized spacial score (nSPS) is 10.8. The second-order valence-corrected chi connectivity index (χ2v) is 6.42. The highest BCUT2D eigenvalue weighted by atomic mass is 16.5. The summed E-state index contributed by atoms with van der Waals surface area (Å²) in [6.45, 7) is 5.08. The fraction of sp³-hybridized carbons (Fsp3) is 0.273. The van der Waals surface area contributed by atoms with Crippen LogP contribution in [0.5, 0.6) is 0 Å². The van der Waals surface area contributed by atoms with Crippen LogP contribution in [-0.2, 0) is 11.2 Å². The number of methoxy groups -OCH3 is 1. The molecule has 0 aliphatic carbocycles. The lowest BCUT2D eigenvalue weighted by atomic mass is 10.0. The van der Waals surface area contributed by atoms with Crippen molar-refractivity contribution in [2.24, 2.45) is 0 Å². The van der Waals surface area contributed by atoms with Gasteiger partial charge in [-0.25, -0.2) is 4.68 Å². The van der Waals surface area contributed by atoms with Crippen LogP contribution in [-0.4, -0.2) is 35.9 Å². The average Bonchev–Trinajstić information content (AvgIpc) is 3.14. The molecule has 1 aromatic heterocycles. The molecular formula is C22H25N3O2. The SMILES string of the molecule is CCc1ccc(-c2nn(-c3ccccc3C)cc2C(=O)NCCOC)cc1. The zero-order valence-corrected chi connectivity index (χ0v) is 16.0. The number of amides is 1. The summed E-state index contributed by atoms with van der Waals surface area (Å²) in [5, 5.41) is 7.64. The van der Waals surface area contributed by atoms with Gasteiger partial charge < -0.3 is 10.1 Å². The van der Waals surface area contributed by atoms with E-state index >= 15 is 0 Å². The molecule has 0 fully saturated rings. The number of hydrogen-bond acceptors (Lipinski definition) is 3. The summed E-state index contributed by atoms with van der Waals surface area (Å²) >= 11 is 0. The van der Waals surface area contributed by atoms with Crippen molar-refractivity contribution >= 4 is 5.91 Å². The number of hydrogen-bond donors (Lipinski definition) is 1. The van der Waals surface area contributed by atoms with E-state index in [0.717, 1.165) is 23.2 Å². The summed E-state index contributed by atoms with van der Waals surface area (Å²) in [6, 6.07) is 16.2. The fourth-order valence-electron chi connectivity index (χ4n) is 2.96. The third-order valence-corrected chi connectivity index (χ3v) is 4.55. The molecule has 5 heteroatoms. The van der Waals surface area contributed by atoms with Crippen molar-refractivity contribution < 1.29 is 9.53 Å². The van der Waals surface area contributed by atoms with Crippen LogP contribution in [0.25, 0.3) is 16.9 Å². The molecule has 0 bridgehead atoms. The molecule has 0 spiro atoms. The largest absolute Gasteiger partial charge is 0.383 e. The van der Waals surface area contributed by atoms with Crippen LogP contribution in [0.3, 0.4) is 0 Å². The van der Waals surface area contributed by atoms with Crippen molar-refractivity contribution in [2.75, 3.05) is 20.3 Å². The summed E-state index contributed by atoms with van der Waals surface area (Å²) in [7, 11) is 1.61. The lowest BCUT2D eigenvalue weighted by Crippen LogP contribution is -2.27. The van der Waals surface area contributed by atoms with Crippen LogP contribution >= 0.6 is 0 Å². The molecule has 3 rings (SSSR count). The highest BCUT2D eigenvalue weighted by Gasteiger charge is 2.19. The quantitative estimate of drug-likeness (QED) is 0.650. The Kier molecular flexibility index (Phi) is 6.04. The van der Waals surface area contributed by atoms with Crippen LogP contribution in [0.4, 0.5) is 0 Å². The van der Waals surface area contributed by atoms with Gasteiger partial charge in [-0.2, -0.15) is 5.10 Å². The van der Waals surface area contributed by atoms with Crippen LogP contribution in [0.1, 0.15) is 28.4 Å². The van der Waals surface area contributed by atoms with Gasteiger partial charge >= 0.3 is 0 Å². The number of aromatic nitrogens is 2. The Morgan fingerprint density at radius 2 is 1.89 bits per heavy atom. The van der Waals surface area contributed by atoms with E-state index in [-0.39, 0.29) is 5.91 Å². The molecule has 0 radical (unpaired) electrons. The Bertz CT molecular complexity index is 914. The second-order valence-electron chi connectivity index (χ2n) is 6.42. The maximum atomic E-state index is 12.7. The third kappa shape index (κ3) is 4.26. The van der Waals surface area contributed by atoms with Gasteiger partial charge in [-0.05, 0) is 30.5 Å². The first-order valence-electron chi connectivity index (χ1n) is 9.16. The van der Waals surface area contributed by atoms with Gasteiger partial charge in [0.05, 0.1) is 17.9 Å². The Hall–Kier alpha value is -2.92. The van der Waals surface area contributed by atoms with Crippen molar-refractivity contribution in [1.82, 2.24) is 15.1 Å². The molecule has 3 aromatic rings. The van der Waals surface area contributed by atoms with Crippen LogP contribution in [0.2, 0.25) is 0 Å². The van der Waals surface area contributed by atoms with Crippen molar-refractivity contribution in [3.8, 4) is 16.9 Å². The highest BCUT2D eigenvalue weighted by Crippen LogP contribution is 2.25. The minimum absolute atomic E-state index is 0.151. The molecule has 1 amide bonds. The number of rotatable bonds is 7. The number of para-hydroxylation sites is 1. The first-order chi connectivity index (χ1) is 13.1. The van der Waals surface area contributed by atoms with Crippen molar-refractivity contribution in [3.63, 3.8) is 0 Å². The third-order valence-electron chi connectivity index (χ3n) is 4.55. The van der Waals surface area contributed by atoms with Gasteiger partial charge in [0.1, 0.15) is 5.69 Å². The Morgan fingerprint density at radius 1 is 1.15 bits per heavy atom. The Labute approximate surface area is 160 Å². The van der Waals surface area contributed by atoms with Crippen LogP contribution in [0, 0.1) is 6.92 Å². The Morgan fingerprint density at radius 3 is 2.56 bits per heavy atom. The van der Waals surface area contributed by atoms with Crippen LogP contribution in [0.15, 0.2) is 54.7 Å². The van der Waals surface area contributed by atoms with E-state index in [1.54, 1.807) is 18.0 Å². The van der Waals surface area contributed by atoms with Crippen LogP contribution < -0.4 is 5.32 Å². The minimum Gasteiger partial charge on any atom is -0.383 e. The summed E-state index contributed by atoms with van der Waals surface area (Å²) in [5.41, 5.74) is 5.47. The van der Waals surface area contributed by atoms with E-state index in [9.17, 15) is 4.79 Å². The summed E-state index contributed by atoms with van der Waals surface area (Å²) in [5.74, 6) is -0.151. The minimum atomic E-state index is -0.151. The number of aryl methyl sites for hydroxylation is 2. The van der Waals surface area contributed by atoms with Gasteiger partial charge in [0, 0.05) is 25.4 Å². The van der Waals surface area contributed by atoms with Gasteiger partial charge in [0.15, 0.2) is 0 Å². The lowest BCUT2D eigenvalue weighted by molar-refractivity contribution is 0.0937. The Balaban J connectivity index is 2.03. The molecule has 0 atom stereocenters. The standard InChI is InChI=1S/C22H25N3O2/c1-4-17-9-11-18(12-10-17)21-19(22(26)23-13-14-27-3)15-25(24-21)20-8-6-5-7-16(20)2/h5-12,15H,4,13-14H2,1-3H3,(H,23,26). The van der Waals surface area contributed by atoms with Gasteiger partial charge in [0.25, 0.3) is 5.91 Å². The number of benzene rings is 2. The number of nitrogens with one attached hydrogen (secondary N) is 1. The predicted molar refractivity (Wildman–Crippen MR) is 107 cm³/mol. The lowest BCUT2D eigenvalue weighted by Gasteiger charge is -2.05. The predicted octanol–water partition coefficient (Wildman–Crippen LogP) is 3.79. The molecule has 0 aliphatic rings. The van der Waals surface area contributed by atoms with Gasteiger partial charge in [0.2, 0.25) is 0 Å². The molecule has 140 valence electrons. The summed E-state index contributed by atoms with van der Waals surface area (Å²) < 4.78 is 6.80. The summed E-state index contributed by atoms with van der Waals surface area (Å²) in [6.07, 6.45) is 2.77. The molecule has 5 nitrogen and oxygen atoms in total. The molecule has 27 heavy (non-hydrogen) atoms. The van der Waals surface area contributed by atoms with E-state index in [4.69, 9.17) is 9.84 Å². The van der Waals surface area contributed by atoms with E-state index in [2.05, 4.69) is 24.4 Å². The molecule has 1 heterocycles. The first kappa shape index (κ1) is 18.9. The molecule has 2 aromatic carbocycles. The average molecular weight is 363 g/mol. The smallest absolute Gasteiger partial charge is 0.255 e. The van der Waals surface area contributed by atoms with Gasteiger partial charge in [-0.15, -0.1) is 0 Å². The maximum absolute atomic E-state index is 12.7. The van der Waals surface area contributed by atoms with E-state index < -0.39 is 0 Å². The molecule has 0 aliphatic heterocycles. The second kappa shape index (κ2) is 8.64. The maximum Gasteiger partial charge on any atom is 0.255 e. The zero-order valence-electron chi connectivity index (χ0n) is 16.0. The van der Waals surface area contributed by atoms with E-state index in [0.29, 0.717) is 24.4 Å². The monoisotopic (exact) mass is 363 g/mol. The van der Waals surface area contributed by atoms with Crippen molar-refractivity contribution in [2.45, 2.75) is 20.3 Å². The number of nitrogens with zero attached hydrogens (tertiary/aromatic N) is 2. The molecule has 0 unspecified atom stereocenters. The first-order valence-corrected chi connectivity index (χ1v) is 9.16. The molecule has 0 saturated carbocycles. The van der Waals surface area contributed by atoms with E-state index in [1.165, 1.54) is 5.56 Å². The topological polar surface area (TPSA) is 56.2 Å². The van der Waals surface area contributed by atoms with E-state index in [1.807, 2.05) is 43.3 Å². The number of ether oxygens (including phenoxy) is 1. The van der Waals surface area contributed by atoms with Crippen molar-refractivity contribution in [3.05, 3.63) is 71.4 Å². The van der Waals surface area contributed by atoms with Gasteiger partial charge in [-0.1, -0.05) is 49.4 Å². The number of carbonyl (C=O) groups is 1. The fourth-order valence-corrected chi connectivity index (χ4v) is 2.96. The highest BCUT2D eigenvalue weighted by molar-refractivity contribution is 5.99. The number of carbonyl (C=O) groups excluding carboxylic acids is 1. The van der Waals surface area contributed by atoms with Crippen molar-refractivity contribution in [1.29, 1.82) is 0 Å². The molecule has 1 N–H and O–H groups in total. The summed E-state index contributed by atoms with van der Waals surface area (Å²) in [4.78, 5) is 12.7. The molecule has 0 saturated heterocycles. The van der Waals surface area contributed by atoms with Gasteiger partial charge in [-0.3, -0.25) is 4.79 Å². The molecular weight excluding hydrogens is 338 g/mol. The zero-order chi connectivity index (χ0) is 19.2.